The van der Waals surface area contributed by atoms with E-state index in [-0.39, 0.29) is 11.8 Å². The van der Waals surface area contributed by atoms with Crippen LogP contribution in [-0.2, 0) is 11.3 Å². The highest BCUT2D eigenvalue weighted by molar-refractivity contribution is 5.86. The van der Waals surface area contributed by atoms with Crippen LogP contribution in [0.5, 0.6) is 0 Å². The standard InChI is InChI=1S/C11H20N4O2/c1-8(2)6-9(3)17-11(16)10-7-15(5-4-12)14-13-10/h7-9H,4-6,12H2,1-3H3. The van der Waals surface area contributed by atoms with Crippen LogP contribution in [0.25, 0.3) is 0 Å². The first-order valence-electron chi connectivity index (χ1n) is 5.84. The van der Waals surface area contributed by atoms with Gasteiger partial charge in [-0.25, -0.2) is 4.79 Å². The number of hydrogen-bond donors (Lipinski definition) is 1. The molecule has 1 atom stereocenters. The molecule has 1 aromatic heterocycles. The summed E-state index contributed by atoms with van der Waals surface area (Å²) in [7, 11) is 0. The fourth-order valence-corrected chi connectivity index (χ4v) is 1.59. The third-order valence-electron chi connectivity index (χ3n) is 2.22. The Bertz CT molecular complexity index is 362. The zero-order valence-corrected chi connectivity index (χ0v) is 10.6. The van der Waals surface area contributed by atoms with Crippen molar-refractivity contribution in [3.05, 3.63) is 11.9 Å². The minimum absolute atomic E-state index is 0.109. The molecule has 6 nitrogen and oxygen atoms in total. The maximum atomic E-state index is 11.7. The van der Waals surface area contributed by atoms with Crippen molar-refractivity contribution in [3.63, 3.8) is 0 Å². The molecule has 0 saturated heterocycles. The van der Waals surface area contributed by atoms with Crippen LogP contribution in [0, 0.1) is 5.92 Å². The summed E-state index contributed by atoms with van der Waals surface area (Å²) in [4.78, 5) is 11.7. The van der Waals surface area contributed by atoms with Gasteiger partial charge in [0.25, 0.3) is 0 Å². The van der Waals surface area contributed by atoms with Crippen molar-refractivity contribution in [2.45, 2.75) is 39.8 Å². The predicted octanol–water partition coefficient (Wildman–Crippen LogP) is 0.828. The van der Waals surface area contributed by atoms with Gasteiger partial charge in [0.15, 0.2) is 5.69 Å². The van der Waals surface area contributed by atoms with E-state index in [9.17, 15) is 4.79 Å². The molecule has 0 aromatic carbocycles. The zero-order chi connectivity index (χ0) is 12.8. The van der Waals surface area contributed by atoms with E-state index in [4.69, 9.17) is 10.5 Å². The second kappa shape index (κ2) is 6.34. The van der Waals surface area contributed by atoms with E-state index in [0.717, 1.165) is 6.42 Å². The van der Waals surface area contributed by atoms with Gasteiger partial charge in [0.1, 0.15) is 0 Å². The van der Waals surface area contributed by atoms with Crippen molar-refractivity contribution >= 4 is 5.97 Å². The van der Waals surface area contributed by atoms with E-state index in [1.54, 1.807) is 6.20 Å². The average Bonchev–Trinajstić information content (AvgIpc) is 2.65. The molecule has 0 fully saturated rings. The van der Waals surface area contributed by atoms with Crippen molar-refractivity contribution in [2.24, 2.45) is 11.7 Å². The molecule has 6 heteroatoms. The van der Waals surface area contributed by atoms with Crippen molar-refractivity contribution in [1.29, 1.82) is 0 Å². The van der Waals surface area contributed by atoms with E-state index in [2.05, 4.69) is 24.2 Å². The number of rotatable bonds is 6. The topological polar surface area (TPSA) is 83.0 Å². The fraction of sp³-hybridized carbons (Fsp3) is 0.727. The quantitative estimate of drug-likeness (QED) is 0.744. The molecule has 1 rings (SSSR count). The van der Waals surface area contributed by atoms with Gasteiger partial charge < -0.3 is 10.5 Å². The normalized spacial score (nSPS) is 12.8. The second-order valence-electron chi connectivity index (χ2n) is 4.50. The van der Waals surface area contributed by atoms with Crippen molar-refractivity contribution in [1.82, 2.24) is 15.0 Å². The molecular formula is C11H20N4O2. The van der Waals surface area contributed by atoms with Gasteiger partial charge in [0.2, 0.25) is 0 Å². The summed E-state index contributed by atoms with van der Waals surface area (Å²) < 4.78 is 6.78. The molecule has 17 heavy (non-hydrogen) atoms. The molecule has 0 amide bonds. The maximum Gasteiger partial charge on any atom is 0.360 e. The lowest BCUT2D eigenvalue weighted by Crippen LogP contribution is -2.17. The number of ether oxygens (including phenoxy) is 1. The van der Waals surface area contributed by atoms with Gasteiger partial charge in [-0.3, -0.25) is 4.68 Å². The minimum atomic E-state index is -0.429. The molecule has 1 heterocycles. The van der Waals surface area contributed by atoms with Crippen molar-refractivity contribution in [2.75, 3.05) is 6.54 Å². The van der Waals surface area contributed by atoms with Crippen molar-refractivity contribution in [3.8, 4) is 0 Å². The molecule has 0 aliphatic carbocycles. The van der Waals surface area contributed by atoms with Crippen LogP contribution in [0.4, 0.5) is 0 Å². The van der Waals surface area contributed by atoms with Gasteiger partial charge in [-0.15, -0.1) is 5.10 Å². The highest BCUT2D eigenvalue weighted by Gasteiger charge is 2.16. The first kappa shape index (κ1) is 13.6. The number of nitrogens with two attached hydrogens (primary N) is 1. The third-order valence-corrected chi connectivity index (χ3v) is 2.22. The van der Waals surface area contributed by atoms with Gasteiger partial charge >= 0.3 is 5.97 Å². The Kier molecular flexibility index (Phi) is 5.09. The van der Waals surface area contributed by atoms with Crippen LogP contribution >= 0.6 is 0 Å². The van der Waals surface area contributed by atoms with E-state index < -0.39 is 5.97 Å². The number of hydrogen-bond acceptors (Lipinski definition) is 5. The lowest BCUT2D eigenvalue weighted by Gasteiger charge is -2.13. The van der Waals surface area contributed by atoms with Crippen LogP contribution < -0.4 is 5.73 Å². The molecule has 0 aliphatic heterocycles. The Balaban J connectivity index is 2.51. The van der Waals surface area contributed by atoms with Gasteiger partial charge in [0, 0.05) is 6.54 Å². The zero-order valence-electron chi connectivity index (χ0n) is 10.6. The number of aromatic nitrogens is 3. The Morgan fingerprint density at radius 3 is 2.82 bits per heavy atom. The number of carbonyl (C=O) groups excluding carboxylic acids is 1. The Morgan fingerprint density at radius 1 is 1.53 bits per heavy atom. The van der Waals surface area contributed by atoms with Crippen LogP contribution in [0.3, 0.4) is 0 Å². The first-order valence-corrected chi connectivity index (χ1v) is 5.84. The largest absolute Gasteiger partial charge is 0.458 e. The lowest BCUT2D eigenvalue weighted by atomic mass is 10.1. The molecule has 96 valence electrons. The molecule has 0 saturated carbocycles. The summed E-state index contributed by atoms with van der Waals surface area (Å²) in [5.74, 6) is 0.0622. The van der Waals surface area contributed by atoms with Crippen LogP contribution in [-0.4, -0.2) is 33.6 Å². The van der Waals surface area contributed by atoms with E-state index >= 15 is 0 Å². The van der Waals surface area contributed by atoms with Crippen LogP contribution in [0.2, 0.25) is 0 Å². The Hall–Kier alpha value is -1.43. The van der Waals surface area contributed by atoms with Crippen molar-refractivity contribution < 1.29 is 9.53 Å². The van der Waals surface area contributed by atoms with Gasteiger partial charge in [-0.05, 0) is 19.3 Å². The molecule has 0 bridgehead atoms. The van der Waals surface area contributed by atoms with Gasteiger partial charge in [-0.1, -0.05) is 19.1 Å². The summed E-state index contributed by atoms with van der Waals surface area (Å²) >= 11 is 0. The molecule has 1 aromatic rings. The van der Waals surface area contributed by atoms with E-state index in [1.165, 1.54) is 4.68 Å². The predicted molar refractivity (Wildman–Crippen MR) is 63.4 cm³/mol. The highest BCUT2D eigenvalue weighted by atomic mass is 16.5. The summed E-state index contributed by atoms with van der Waals surface area (Å²) in [6.45, 7) is 7.05. The molecular weight excluding hydrogens is 220 g/mol. The Morgan fingerprint density at radius 2 is 2.24 bits per heavy atom. The Labute approximate surface area is 101 Å². The SMILES string of the molecule is CC(C)CC(C)OC(=O)c1cn(CCN)nn1. The number of carbonyl (C=O) groups is 1. The van der Waals surface area contributed by atoms with Crippen LogP contribution in [0.15, 0.2) is 6.20 Å². The highest BCUT2D eigenvalue weighted by Crippen LogP contribution is 2.09. The summed E-state index contributed by atoms with van der Waals surface area (Å²) in [6, 6.07) is 0. The molecule has 0 spiro atoms. The maximum absolute atomic E-state index is 11.7. The summed E-state index contributed by atoms with van der Waals surface area (Å²) in [6.07, 6.45) is 2.28. The van der Waals surface area contributed by atoms with E-state index in [1.807, 2.05) is 6.92 Å². The smallest absolute Gasteiger partial charge is 0.360 e. The molecule has 0 radical (unpaired) electrons. The summed E-state index contributed by atoms with van der Waals surface area (Å²) in [5, 5.41) is 7.53. The average molecular weight is 240 g/mol. The molecule has 0 aliphatic rings. The number of esters is 1. The molecule has 2 N–H and O–H groups in total. The second-order valence-corrected chi connectivity index (χ2v) is 4.50. The lowest BCUT2D eigenvalue weighted by molar-refractivity contribution is 0.0292. The fourth-order valence-electron chi connectivity index (χ4n) is 1.59. The van der Waals surface area contributed by atoms with E-state index in [0.29, 0.717) is 19.0 Å². The van der Waals surface area contributed by atoms with Gasteiger partial charge in [0.05, 0.1) is 18.8 Å². The van der Waals surface area contributed by atoms with Gasteiger partial charge in [-0.2, -0.15) is 0 Å². The number of nitrogens with zero attached hydrogens (tertiary/aromatic N) is 3. The summed E-state index contributed by atoms with van der Waals surface area (Å²) in [5.41, 5.74) is 5.61. The third kappa shape index (κ3) is 4.52. The minimum Gasteiger partial charge on any atom is -0.458 e. The van der Waals surface area contributed by atoms with Crippen LogP contribution in [0.1, 0.15) is 37.7 Å². The molecule has 1 unspecified atom stereocenters. The monoisotopic (exact) mass is 240 g/mol. The first-order chi connectivity index (χ1) is 8.02.